The fourth-order valence-corrected chi connectivity index (χ4v) is 3.54. The average Bonchev–Trinajstić information content (AvgIpc) is 2.76. The van der Waals surface area contributed by atoms with Crippen LogP contribution in [0.2, 0.25) is 0 Å². The Hall–Kier alpha value is -0.960. The molecule has 1 aliphatic rings. The minimum Gasteiger partial charge on any atom is -0.334 e. The molecule has 1 fully saturated rings. The maximum atomic E-state index is 4.63. The normalized spacial score (nSPS) is 21.6. The van der Waals surface area contributed by atoms with Crippen LogP contribution in [0.4, 0.5) is 0 Å². The number of aromatic nitrogens is 2. The van der Waals surface area contributed by atoms with Crippen molar-refractivity contribution in [2.24, 2.45) is 0 Å². The van der Waals surface area contributed by atoms with Crippen molar-refractivity contribution in [2.45, 2.75) is 5.16 Å². The molecule has 0 atom stereocenters. The first-order valence-corrected chi connectivity index (χ1v) is 6.84. The standard InChI is InChI=1S/C10H12N2S/c1-13(6-7-13)10-11-8-4-2-3-5-9(8)12-10/h2-5H,6-7H2,1H3,(H,11,12). The van der Waals surface area contributed by atoms with Gasteiger partial charge in [-0.25, -0.2) is 4.98 Å². The molecule has 0 amide bonds. The molecule has 1 saturated heterocycles. The lowest BCUT2D eigenvalue weighted by atomic mass is 10.3. The van der Waals surface area contributed by atoms with Crippen molar-refractivity contribution < 1.29 is 0 Å². The minimum absolute atomic E-state index is 0.481. The van der Waals surface area contributed by atoms with Gasteiger partial charge in [-0.05, 0) is 29.9 Å². The van der Waals surface area contributed by atoms with Crippen molar-refractivity contribution in [1.29, 1.82) is 0 Å². The summed E-state index contributed by atoms with van der Waals surface area (Å²) in [4.78, 5) is 8.05. The highest BCUT2D eigenvalue weighted by atomic mass is 32.3. The van der Waals surface area contributed by atoms with E-state index in [1.807, 2.05) is 6.07 Å². The van der Waals surface area contributed by atoms with Crippen LogP contribution >= 0.6 is 10.0 Å². The fourth-order valence-electron chi connectivity index (χ4n) is 1.48. The van der Waals surface area contributed by atoms with Crippen LogP contribution in [-0.4, -0.2) is 27.7 Å². The van der Waals surface area contributed by atoms with Gasteiger partial charge < -0.3 is 4.98 Å². The lowest BCUT2D eigenvalue weighted by molar-refractivity contribution is 1.08. The molecule has 2 aromatic rings. The number of hydrogen-bond acceptors (Lipinski definition) is 1. The fraction of sp³-hybridized carbons (Fsp3) is 0.300. The molecule has 68 valence electrons. The summed E-state index contributed by atoms with van der Waals surface area (Å²) in [5.74, 6) is 2.71. The number of fused-ring (bicyclic) bond motifs is 1. The van der Waals surface area contributed by atoms with E-state index in [1.165, 1.54) is 22.2 Å². The van der Waals surface area contributed by atoms with Crippen molar-refractivity contribution in [3.05, 3.63) is 24.3 Å². The molecule has 3 heteroatoms. The number of imidazole rings is 1. The first-order valence-electron chi connectivity index (χ1n) is 4.46. The van der Waals surface area contributed by atoms with E-state index in [0.29, 0.717) is 0 Å². The van der Waals surface area contributed by atoms with E-state index in [-0.39, 0.29) is 0 Å². The average molecular weight is 192 g/mol. The van der Waals surface area contributed by atoms with Crippen molar-refractivity contribution in [3.8, 4) is 0 Å². The third-order valence-electron chi connectivity index (χ3n) is 2.65. The van der Waals surface area contributed by atoms with Crippen LogP contribution < -0.4 is 0 Å². The topological polar surface area (TPSA) is 28.7 Å². The summed E-state index contributed by atoms with van der Waals surface area (Å²) in [5.41, 5.74) is 2.29. The van der Waals surface area contributed by atoms with Crippen LogP contribution in [0.15, 0.2) is 29.4 Å². The van der Waals surface area contributed by atoms with Crippen molar-refractivity contribution in [2.75, 3.05) is 17.8 Å². The Labute approximate surface area is 78.7 Å². The monoisotopic (exact) mass is 192 g/mol. The highest BCUT2D eigenvalue weighted by Gasteiger charge is 2.36. The van der Waals surface area contributed by atoms with E-state index in [2.05, 4.69) is 34.4 Å². The van der Waals surface area contributed by atoms with Crippen molar-refractivity contribution in [1.82, 2.24) is 9.97 Å². The molecule has 0 spiro atoms. The number of hydrogen-bond donors (Lipinski definition) is 1. The molecule has 0 aliphatic carbocycles. The van der Waals surface area contributed by atoms with E-state index < -0.39 is 10.0 Å². The number of nitrogens with one attached hydrogen (secondary N) is 1. The molecule has 1 aromatic carbocycles. The van der Waals surface area contributed by atoms with Crippen LogP contribution in [-0.2, 0) is 0 Å². The second-order valence-corrected chi connectivity index (χ2v) is 7.49. The summed E-state index contributed by atoms with van der Waals surface area (Å²) < 4.78 is 0. The largest absolute Gasteiger partial charge is 0.334 e. The van der Waals surface area contributed by atoms with Crippen LogP contribution in [0.3, 0.4) is 0 Å². The van der Waals surface area contributed by atoms with Gasteiger partial charge in [0.25, 0.3) is 0 Å². The third-order valence-corrected chi connectivity index (χ3v) is 5.41. The van der Waals surface area contributed by atoms with Gasteiger partial charge in [-0.1, -0.05) is 12.1 Å². The molecule has 13 heavy (non-hydrogen) atoms. The summed E-state index contributed by atoms with van der Waals surface area (Å²) in [7, 11) is -0.481. The molecule has 0 radical (unpaired) electrons. The van der Waals surface area contributed by atoms with E-state index >= 15 is 0 Å². The van der Waals surface area contributed by atoms with Crippen molar-refractivity contribution in [3.63, 3.8) is 0 Å². The van der Waals surface area contributed by atoms with Gasteiger partial charge in [0.05, 0.1) is 11.0 Å². The van der Waals surface area contributed by atoms with Gasteiger partial charge in [-0.2, -0.15) is 10.0 Å². The Morgan fingerprint density at radius 3 is 2.77 bits per heavy atom. The Balaban J connectivity index is 2.22. The second kappa shape index (κ2) is 2.29. The molecule has 1 aliphatic heterocycles. The molecule has 1 N–H and O–H groups in total. The number of nitrogens with zero attached hydrogens (tertiary/aromatic N) is 1. The smallest absolute Gasteiger partial charge is 0.148 e. The number of rotatable bonds is 1. The lowest BCUT2D eigenvalue weighted by Crippen LogP contribution is -1.82. The minimum atomic E-state index is -0.481. The third kappa shape index (κ3) is 1.07. The zero-order valence-corrected chi connectivity index (χ0v) is 8.40. The first-order chi connectivity index (χ1) is 6.28. The summed E-state index contributed by atoms with van der Waals surface area (Å²) in [6, 6.07) is 8.25. The molecule has 1 aromatic heterocycles. The SMILES string of the molecule is CS1(c2nc3ccccc3[nH]2)CC1. The molecule has 0 unspecified atom stereocenters. The number of H-pyrrole nitrogens is 1. The van der Waals surface area contributed by atoms with E-state index in [4.69, 9.17) is 0 Å². The van der Waals surface area contributed by atoms with Gasteiger partial charge in [0.2, 0.25) is 0 Å². The van der Waals surface area contributed by atoms with E-state index in [0.717, 1.165) is 5.52 Å². The van der Waals surface area contributed by atoms with Gasteiger partial charge in [0.15, 0.2) is 0 Å². The van der Waals surface area contributed by atoms with Crippen LogP contribution in [0.25, 0.3) is 11.0 Å². The summed E-state index contributed by atoms with van der Waals surface area (Å²) in [6.45, 7) is 0. The van der Waals surface area contributed by atoms with E-state index in [1.54, 1.807) is 0 Å². The van der Waals surface area contributed by atoms with E-state index in [9.17, 15) is 0 Å². The van der Waals surface area contributed by atoms with Gasteiger partial charge in [0.1, 0.15) is 5.16 Å². The maximum Gasteiger partial charge on any atom is 0.148 e. The molecule has 2 heterocycles. The van der Waals surface area contributed by atoms with Crippen molar-refractivity contribution >= 4 is 21.1 Å². The Bertz CT molecular complexity index is 424. The Morgan fingerprint density at radius 2 is 2.08 bits per heavy atom. The first kappa shape index (κ1) is 7.44. The Kier molecular flexibility index (Phi) is 1.31. The molecule has 3 rings (SSSR count). The Morgan fingerprint density at radius 1 is 1.31 bits per heavy atom. The quantitative estimate of drug-likeness (QED) is 0.690. The van der Waals surface area contributed by atoms with Gasteiger partial charge >= 0.3 is 0 Å². The highest BCUT2D eigenvalue weighted by molar-refractivity contribution is 8.38. The molecule has 0 saturated carbocycles. The van der Waals surface area contributed by atoms with Crippen LogP contribution in [0.5, 0.6) is 0 Å². The van der Waals surface area contributed by atoms with Crippen LogP contribution in [0.1, 0.15) is 0 Å². The lowest BCUT2D eigenvalue weighted by Gasteiger charge is -2.07. The number of para-hydroxylation sites is 2. The summed E-state index contributed by atoms with van der Waals surface area (Å²) in [6.07, 6.45) is 2.35. The zero-order valence-electron chi connectivity index (χ0n) is 7.58. The highest BCUT2D eigenvalue weighted by Crippen LogP contribution is 2.63. The van der Waals surface area contributed by atoms with Crippen LogP contribution in [0, 0.1) is 0 Å². The molecular formula is C10H12N2S. The number of benzene rings is 1. The zero-order chi connectivity index (χ0) is 8.89. The summed E-state index contributed by atoms with van der Waals surface area (Å²) in [5, 5.41) is 1.24. The van der Waals surface area contributed by atoms with Gasteiger partial charge in [-0.15, -0.1) is 0 Å². The second-order valence-electron chi connectivity index (χ2n) is 3.74. The maximum absolute atomic E-state index is 4.63. The number of aromatic amines is 1. The summed E-state index contributed by atoms with van der Waals surface area (Å²) >= 11 is 0. The predicted octanol–water partition coefficient (Wildman–Crippen LogP) is 2.37. The molecular weight excluding hydrogens is 180 g/mol. The van der Waals surface area contributed by atoms with Gasteiger partial charge in [-0.3, -0.25) is 0 Å². The predicted molar refractivity (Wildman–Crippen MR) is 57.6 cm³/mol. The van der Waals surface area contributed by atoms with Gasteiger partial charge in [0, 0.05) is 0 Å². The molecule has 2 nitrogen and oxygen atoms in total. The molecule has 0 bridgehead atoms.